The van der Waals surface area contributed by atoms with Crippen LogP contribution in [0.25, 0.3) is 4.85 Å². The summed E-state index contributed by atoms with van der Waals surface area (Å²) < 4.78 is 0. The normalized spacial score (nSPS) is 31.0. The molecule has 0 bridgehead atoms. The Morgan fingerprint density at radius 2 is 2.00 bits per heavy atom. The summed E-state index contributed by atoms with van der Waals surface area (Å²) in [6, 6.07) is 2.69. The van der Waals surface area contributed by atoms with E-state index in [2.05, 4.69) is 21.1 Å². The Kier molecular flexibility index (Phi) is 6.29. The molecule has 2 saturated heterocycles. The number of likely N-dealkylation sites (tertiary alicyclic amines) is 2. The van der Waals surface area contributed by atoms with Crippen molar-refractivity contribution >= 4 is 5.91 Å². The molecule has 6 nitrogen and oxygen atoms in total. The van der Waals surface area contributed by atoms with E-state index in [1.54, 1.807) is 4.90 Å². The standard InChI is InChI=1S/C19H29N5O/c1-21-16-6-9-23(10-7-16)14-15-4-5-17(11-15)22-13-19(25)24-8-2-3-18(24)12-20/h15-18,22H,2-11,13-14H2/t15?,17?,18-/m0/s1. The summed E-state index contributed by atoms with van der Waals surface area (Å²) in [6.07, 6.45) is 7.29. The average Bonchev–Trinajstić information content (AvgIpc) is 3.29. The van der Waals surface area contributed by atoms with Crippen molar-refractivity contribution in [3.8, 4) is 6.07 Å². The number of piperidine rings is 1. The third-order valence-electron chi connectivity index (χ3n) is 6.06. The van der Waals surface area contributed by atoms with Gasteiger partial charge in [-0.2, -0.15) is 5.26 Å². The second-order valence-electron chi connectivity index (χ2n) is 7.79. The van der Waals surface area contributed by atoms with Crippen LogP contribution >= 0.6 is 0 Å². The van der Waals surface area contributed by atoms with Crippen molar-refractivity contribution in [1.29, 1.82) is 5.26 Å². The monoisotopic (exact) mass is 343 g/mol. The van der Waals surface area contributed by atoms with Gasteiger partial charge in [0.05, 0.1) is 12.6 Å². The first-order chi connectivity index (χ1) is 12.2. The zero-order chi connectivity index (χ0) is 17.6. The van der Waals surface area contributed by atoms with E-state index in [9.17, 15) is 4.79 Å². The summed E-state index contributed by atoms with van der Waals surface area (Å²) in [5.41, 5.74) is 0. The molecule has 0 aromatic heterocycles. The smallest absolute Gasteiger partial charge is 0.237 e. The topological polar surface area (TPSA) is 63.7 Å². The molecule has 3 atom stereocenters. The Labute approximate surface area is 151 Å². The lowest BCUT2D eigenvalue weighted by molar-refractivity contribution is -0.130. The van der Waals surface area contributed by atoms with Gasteiger partial charge in [-0.05, 0) is 38.0 Å². The summed E-state index contributed by atoms with van der Waals surface area (Å²) in [6.45, 7) is 11.5. The summed E-state index contributed by atoms with van der Waals surface area (Å²) in [5.74, 6) is 0.782. The van der Waals surface area contributed by atoms with E-state index in [1.165, 1.54) is 6.42 Å². The van der Waals surface area contributed by atoms with Gasteiger partial charge in [0, 0.05) is 45.1 Å². The largest absolute Gasteiger partial charge is 0.326 e. The van der Waals surface area contributed by atoms with E-state index < -0.39 is 0 Å². The number of nitrogens with zero attached hydrogens (tertiary/aromatic N) is 4. The minimum Gasteiger partial charge on any atom is -0.326 e. The minimum atomic E-state index is -0.219. The van der Waals surface area contributed by atoms with Gasteiger partial charge in [0.2, 0.25) is 11.9 Å². The first-order valence-electron chi connectivity index (χ1n) is 9.71. The van der Waals surface area contributed by atoms with Crippen molar-refractivity contribution in [3.05, 3.63) is 11.4 Å². The zero-order valence-corrected chi connectivity index (χ0v) is 15.0. The van der Waals surface area contributed by atoms with Crippen molar-refractivity contribution < 1.29 is 4.79 Å². The second-order valence-corrected chi connectivity index (χ2v) is 7.79. The summed E-state index contributed by atoms with van der Waals surface area (Å²) >= 11 is 0. The maximum Gasteiger partial charge on any atom is 0.237 e. The first-order valence-corrected chi connectivity index (χ1v) is 9.71. The summed E-state index contributed by atoms with van der Waals surface area (Å²) in [4.78, 5) is 20.2. The van der Waals surface area contributed by atoms with Gasteiger partial charge >= 0.3 is 0 Å². The van der Waals surface area contributed by atoms with Gasteiger partial charge in [-0.1, -0.05) is 0 Å². The van der Waals surface area contributed by atoms with Crippen LogP contribution in [0.15, 0.2) is 0 Å². The Morgan fingerprint density at radius 1 is 1.20 bits per heavy atom. The Morgan fingerprint density at radius 3 is 2.72 bits per heavy atom. The van der Waals surface area contributed by atoms with Crippen LogP contribution in [0.4, 0.5) is 0 Å². The maximum absolute atomic E-state index is 12.3. The minimum absolute atomic E-state index is 0.0775. The quantitative estimate of drug-likeness (QED) is 0.771. The van der Waals surface area contributed by atoms with Crippen molar-refractivity contribution in [3.63, 3.8) is 0 Å². The zero-order valence-electron chi connectivity index (χ0n) is 15.0. The molecule has 3 fully saturated rings. The third-order valence-corrected chi connectivity index (χ3v) is 6.06. The van der Waals surface area contributed by atoms with E-state index in [1.807, 2.05) is 0 Å². The second kappa shape index (κ2) is 8.65. The number of carbonyl (C=O) groups is 1. The molecule has 0 spiro atoms. The van der Waals surface area contributed by atoms with Crippen LogP contribution < -0.4 is 5.32 Å². The number of nitriles is 1. The molecule has 1 saturated carbocycles. The van der Waals surface area contributed by atoms with Crippen LogP contribution in [0, 0.1) is 23.8 Å². The van der Waals surface area contributed by atoms with Crippen LogP contribution in [-0.4, -0.2) is 66.6 Å². The van der Waals surface area contributed by atoms with Gasteiger partial charge in [-0.3, -0.25) is 4.79 Å². The molecule has 0 aromatic rings. The highest BCUT2D eigenvalue weighted by atomic mass is 16.2. The number of carbonyl (C=O) groups excluding carboxylic acids is 1. The Bertz CT molecular complexity index is 543. The van der Waals surface area contributed by atoms with Crippen molar-refractivity contribution in [1.82, 2.24) is 15.1 Å². The highest BCUT2D eigenvalue weighted by Gasteiger charge is 2.31. The van der Waals surface area contributed by atoms with Crippen molar-refractivity contribution in [2.24, 2.45) is 5.92 Å². The molecular weight excluding hydrogens is 314 g/mol. The van der Waals surface area contributed by atoms with E-state index in [4.69, 9.17) is 11.8 Å². The maximum atomic E-state index is 12.3. The van der Waals surface area contributed by atoms with Crippen LogP contribution in [0.1, 0.15) is 44.9 Å². The third kappa shape index (κ3) is 4.71. The van der Waals surface area contributed by atoms with Gasteiger partial charge in [0.25, 0.3) is 0 Å². The molecule has 0 aromatic carbocycles. The van der Waals surface area contributed by atoms with Crippen LogP contribution in [0.3, 0.4) is 0 Å². The molecular formula is C19H29N5O. The molecule has 0 radical (unpaired) electrons. The Hall–Kier alpha value is -1.63. The molecule has 6 heteroatoms. The highest BCUT2D eigenvalue weighted by molar-refractivity contribution is 5.79. The van der Waals surface area contributed by atoms with E-state index >= 15 is 0 Å². The molecule has 2 heterocycles. The number of nitrogens with one attached hydrogen (secondary N) is 1. The molecule has 1 amide bonds. The fourth-order valence-electron chi connectivity index (χ4n) is 4.55. The summed E-state index contributed by atoms with van der Waals surface area (Å²) in [5, 5.41) is 12.5. The van der Waals surface area contributed by atoms with Gasteiger partial charge in [0.1, 0.15) is 6.04 Å². The summed E-state index contributed by atoms with van der Waals surface area (Å²) in [7, 11) is 0. The lowest BCUT2D eigenvalue weighted by Crippen LogP contribution is -2.43. The number of rotatable bonds is 5. The Balaban J connectivity index is 1.35. The molecule has 3 aliphatic rings. The highest BCUT2D eigenvalue weighted by Crippen LogP contribution is 2.27. The SMILES string of the molecule is [C-]#[N+]C1CCN(CC2CCC(NCC(=O)N3CCC[C@H]3C#N)C2)CC1. The average molecular weight is 343 g/mol. The number of hydrogen-bond donors (Lipinski definition) is 1. The fraction of sp³-hybridized carbons (Fsp3) is 0.842. The van der Waals surface area contributed by atoms with E-state index in [0.29, 0.717) is 18.5 Å². The molecule has 3 rings (SSSR count). The first kappa shape index (κ1) is 18.2. The molecule has 1 N–H and O–H groups in total. The molecule has 2 unspecified atom stereocenters. The van der Waals surface area contributed by atoms with Gasteiger partial charge < -0.3 is 20.0 Å². The van der Waals surface area contributed by atoms with Crippen molar-refractivity contribution in [2.75, 3.05) is 32.7 Å². The molecule has 1 aliphatic carbocycles. The van der Waals surface area contributed by atoms with E-state index in [0.717, 1.165) is 64.7 Å². The van der Waals surface area contributed by atoms with Crippen molar-refractivity contribution in [2.45, 2.75) is 63.1 Å². The van der Waals surface area contributed by atoms with Gasteiger partial charge in [-0.25, -0.2) is 6.57 Å². The predicted octanol–water partition coefficient (Wildman–Crippen LogP) is 1.64. The molecule has 136 valence electrons. The van der Waals surface area contributed by atoms with Crippen LogP contribution in [0.2, 0.25) is 0 Å². The lowest BCUT2D eigenvalue weighted by atomic mass is 10.0. The molecule has 2 aliphatic heterocycles. The number of hydrogen-bond acceptors (Lipinski definition) is 4. The van der Waals surface area contributed by atoms with Crippen LogP contribution in [0.5, 0.6) is 0 Å². The van der Waals surface area contributed by atoms with E-state index in [-0.39, 0.29) is 18.0 Å². The molecule has 25 heavy (non-hydrogen) atoms. The van der Waals surface area contributed by atoms with Crippen LogP contribution in [-0.2, 0) is 4.79 Å². The lowest BCUT2D eigenvalue weighted by Gasteiger charge is -2.29. The van der Waals surface area contributed by atoms with Gasteiger partial charge in [-0.15, -0.1) is 0 Å². The van der Waals surface area contributed by atoms with Gasteiger partial charge in [0.15, 0.2) is 0 Å². The number of amides is 1. The fourth-order valence-corrected chi connectivity index (χ4v) is 4.55. The predicted molar refractivity (Wildman–Crippen MR) is 95.5 cm³/mol.